The second-order valence-electron chi connectivity index (χ2n) is 6.43. The van der Waals surface area contributed by atoms with Crippen molar-refractivity contribution in [2.45, 2.75) is 25.0 Å². The van der Waals surface area contributed by atoms with Crippen molar-refractivity contribution in [3.8, 4) is 0 Å². The van der Waals surface area contributed by atoms with E-state index in [2.05, 4.69) is 10.2 Å². The number of morpholine rings is 1. The number of benzene rings is 1. The van der Waals surface area contributed by atoms with Crippen LogP contribution in [-0.2, 0) is 4.74 Å². The van der Waals surface area contributed by atoms with Gasteiger partial charge in [0.05, 0.1) is 18.1 Å². The third-order valence-electron chi connectivity index (χ3n) is 4.81. The van der Waals surface area contributed by atoms with Gasteiger partial charge >= 0.3 is 0 Å². The monoisotopic (exact) mass is 328 g/mol. The summed E-state index contributed by atoms with van der Waals surface area (Å²) in [5.74, 6) is -0.349. The SMILES string of the molecule is O=C(NCC1CN2CCCC2CO1)c1cc(=O)c2ccccc2o1. The lowest BCUT2D eigenvalue weighted by Gasteiger charge is -2.35. The zero-order valence-corrected chi connectivity index (χ0v) is 13.4. The molecule has 0 radical (unpaired) electrons. The van der Waals surface area contributed by atoms with E-state index in [1.165, 1.54) is 18.9 Å². The number of ether oxygens (including phenoxy) is 1. The summed E-state index contributed by atoms with van der Waals surface area (Å²) in [6, 6.07) is 8.70. The predicted molar refractivity (Wildman–Crippen MR) is 89.2 cm³/mol. The van der Waals surface area contributed by atoms with Gasteiger partial charge in [0.25, 0.3) is 5.91 Å². The van der Waals surface area contributed by atoms with Gasteiger partial charge in [-0.15, -0.1) is 0 Å². The first kappa shape index (κ1) is 15.4. The number of nitrogens with one attached hydrogen (secondary N) is 1. The molecule has 1 aromatic carbocycles. The number of fused-ring (bicyclic) bond motifs is 2. The molecule has 0 spiro atoms. The zero-order chi connectivity index (χ0) is 16.5. The molecule has 3 heterocycles. The molecular weight excluding hydrogens is 308 g/mol. The number of hydrogen-bond donors (Lipinski definition) is 1. The molecule has 6 nitrogen and oxygen atoms in total. The Morgan fingerprint density at radius 3 is 3.12 bits per heavy atom. The quantitative estimate of drug-likeness (QED) is 0.922. The normalized spacial score (nSPS) is 24.0. The van der Waals surface area contributed by atoms with Crippen molar-refractivity contribution in [3.05, 3.63) is 46.3 Å². The summed E-state index contributed by atoms with van der Waals surface area (Å²) in [5, 5.41) is 3.29. The van der Waals surface area contributed by atoms with E-state index in [9.17, 15) is 9.59 Å². The molecule has 1 N–H and O–H groups in total. The van der Waals surface area contributed by atoms with Crippen LogP contribution in [0.4, 0.5) is 0 Å². The third kappa shape index (κ3) is 2.95. The van der Waals surface area contributed by atoms with Crippen LogP contribution in [0.5, 0.6) is 0 Å². The van der Waals surface area contributed by atoms with Gasteiger partial charge in [0.15, 0.2) is 11.2 Å². The van der Waals surface area contributed by atoms with Gasteiger partial charge in [-0.05, 0) is 31.5 Å². The minimum atomic E-state index is -0.384. The molecule has 2 aliphatic rings. The highest BCUT2D eigenvalue weighted by atomic mass is 16.5. The maximum absolute atomic E-state index is 12.3. The average Bonchev–Trinajstić information content (AvgIpc) is 3.07. The molecule has 2 fully saturated rings. The number of rotatable bonds is 3. The first-order valence-electron chi connectivity index (χ1n) is 8.37. The van der Waals surface area contributed by atoms with Crippen molar-refractivity contribution >= 4 is 16.9 Å². The van der Waals surface area contributed by atoms with E-state index >= 15 is 0 Å². The molecule has 2 atom stereocenters. The maximum atomic E-state index is 12.3. The first-order chi connectivity index (χ1) is 11.7. The Hall–Kier alpha value is -2.18. The molecule has 1 amide bonds. The maximum Gasteiger partial charge on any atom is 0.287 e. The Labute approximate surface area is 139 Å². The molecule has 2 saturated heterocycles. The van der Waals surface area contributed by atoms with E-state index in [0.29, 0.717) is 23.6 Å². The van der Waals surface area contributed by atoms with Crippen LogP contribution in [0.3, 0.4) is 0 Å². The van der Waals surface area contributed by atoms with Crippen LogP contribution in [0.2, 0.25) is 0 Å². The van der Waals surface area contributed by atoms with Crippen molar-refractivity contribution < 1.29 is 13.9 Å². The summed E-state index contributed by atoms with van der Waals surface area (Å²) in [7, 11) is 0. The summed E-state index contributed by atoms with van der Waals surface area (Å²) in [6.45, 7) is 3.09. The molecule has 2 aliphatic heterocycles. The van der Waals surface area contributed by atoms with Gasteiger partial charge in [0.2, 0.25) is 0 Å². The topological polar surface area (TPSA) is 71.8 Å². The van der Waals surface area contributed by atoms with Crippen molar-refractivity contribution in [1.82, 2.24) is 10.2 Å². The summed E-state index contributed by atoms with van der Waals surface area (Å²) < 4.78 is 11.4. The van der Waals surface area contributed by atoms with Gasteiger partial charge in [0.1, 0.15) is 5.58 Å². The molecule has 6 heteroatoms. The van der Waals surface area contributed by atoms with E-state index in [-0.39, 0.29) is 23.2 Å². The van der Waals surface area contributed by atoms with Crippen LogP contribution in [-0.4, -0.2) is 49.2 Å². The largest absolute Gasteiger partial charge is 0.451 e. The minimum Gasteiger partial charge on any atom is -0.451 e. The molecule has 4 rings (SSSR count). The Bertz CT molecular complexity index is 816. The molecular formula is C18H20N2O4. The van der Waals surface area contributed by atoms with Crippen LogP contribution < -0.4 is 10.7 Å². The predicted octanol–water partition coefficient (Wildman–Crippen LogP) is 1.39. The molecule has 2 unspecified atom stereocenters. The highest BCUT2D eigenvalue weighted by molar-refractivity contribution is 5.93. The van der Waals surface area contributed by atoms with Gasteiger partial charge in [-0.1, -0.05) is 12.1 Å². The van der Waals surface area contributed by atoms with Crippen molar-refractivity contribution in [3.63, 3.8) is 0 Å². The fraction of sp³-hybridized carbons (Fsp3) is 0.444. The molecule has 24 heavy (non-hydrogen) atoms. The lowest BCUT2D eigenvalue weighted by Crippen LogP contribution is -2.50. The van der Waals surface area contributed by atoms with Crippen molar-refractivity contribution in [1.29, 1.82) is 0 Å². The first-order valence-corrected chi connectivity index (χ1v) is 8.37. The van der Waals surface area contributed by atoms with Crippen molar-refractivity contribution in [2.75, 3.05) is 26.2 Å². The van der Waals surface area contributed by atoms with Crippen molar-refractivity contribution in [2.24, 2.45) is 0 Å². The number of nitrogens with zero attached hydrogens (tertiary/aromatic N) is 1. The summed E-state index contributed by atoms with van der Waals surface area (Å²) in [5.41, 5.74) is 0.208. The van der Waals surface area contributed by atoms with Gasteiger partial charge < -0.3 is 14.5 Å². The van der Waals surface area contributed by atoms with E-state index in [0.717, 1.165) is 19.7 Å². The van der Waals surface area contributed by atoms with Gasteiger partial charge in [0, 0.05) is 25.2 Å². The third-order valence-corrected chi connectivity index (χ3v) is 4.81. The van der Waals surface area contributed by atoms with Gasteiger partial charge in [-0.25, -0.2) is 0 Å². The lowest BCUT2D eigenvalue weighted by atomic mass is 10.2. The van der Waals surface area contributed by atoms with E-state index in [1.807, 2.05) is 0 Å². The van der Waals surface area contributed by atoms with Crippen LogP contribution >= 0.6 is 0 Å². The fourth-order valence-corrected chi connectivity index (χ4v) is 3.52. The Balaban J connectivity index is 1.42. The number of amides is 1. The molecule has 0 bridgehead atoms. The number of para-hydroxylation sites is 1. The second kappa shape index (κ2) is 6.37. The highest BCUT2D eigenvalue weighted by Gasteiger charge is 2.32. The summed E-state index contributed by atoms with van der Waals surface area (Å²) in [4.78, 5) is 26.8. The van der Waals surface area contributed by atoms with E-state index < -0.39 is 0 Å². The Morgan fingerprint density at radius 2 is 2.21 bits per heavy atom. The average molecular weight is 328 g/mol. The molecule has 2 aromatic rings. The number of carbonyl (C=O) groups is 1. The molecule has 1 aromatic heterocycles. The van der Waals surface area contributed by atoms with E-state index in [4.69, 9.17) is 9.15 Å². The highest BCUT2D eigenvalue weighted by Crippen LogP contribution is 2.22. The van der Waals surface area contributed by atoms with Crippen LogP contribution in [0, 0.1) is 0 Å². The number of carbonyl (C=O) groups excluding carboxylic acids is 1. The summed E-state index contributed by atoms with van der Waals surface area (Å²) >= 11 is 0. The standard InChI is InChI=1S/C18H20N2O4/c21-15-8-17(24-16-6-2-1-5-14(15)16)18(22)19-9-13-10-20-7-3-4-12(20)11-23-13/h1-2,5-6,8,12-13H,3-4,7,9-11H2,(H,19,22). The zero-order valence-electron chi connectivity index (χ0n) is 13.4. The van der Waals surface area contributed by atoms with Gasteiger partial charge in [-0.2, -0.15) is 0 Å². The van der Waals surface area contributed by atoms with E-state index in [1.54, 1.807) is 24.3 Å². The molecule has 126 valence electrons. The number of hydrogen-bond acceptors (Lipinski definition) is 5. The Morgan fingerprint density at radius 1 is 1.33 bits per heavy atom. The van der Waals surface area contributed by atoms with Crippen LogP contribution in [0.1, 0.15) is 23.4 Å². The smallest absolute Gasteiger partial charge is 0.287 e. The fourth-order valence-electron chi connectivity index (χ4n) is 3.52. The van der Waals surface area contributed by atoms with Crippen LogP contribution in [0.25, 0.3) is 11.0 Å². The molecule has 0 saturated carbocycles. The second-order valence-corrected chi connectivity index (χ2v) is 6.43. The Kier molecular flexibility index (Phi) is 4.08. The molecule has 0 aliphatic carbocycles. The van der Waals surface area contributed by atoms with Gasteiger partial charge in [-0.3, -0.25) is 14.5 Å². The minimum absolute atomic E-state index is 0.0181. The lowest BCUT2D eigenvalue weighted by molar-refractivity contribution is -0.0462. The summed E-state index contributed by atoms with van der Waals surface area (Å²) in [6.07, 6.45) is 2.40. The van der Waals surface area contributed by atoms with Crippen LogP contribution in [0.15, 0.2) is 39.5 Å².